The molecule has 21 heavy (non-hydrogen) atoms. The molecule has 0 amide bonds. The summed E-state index contributed by atoms with van der Waals surface area (Å²) >= 11 is 1.68. The Labute approximate surface area is 124 Å². The van der Waals surface area contributed by atoms with Gasteiger partial charge in [-0.25, -0.2) is 0 Å². The van der Waals surface area contributed by atoms with Crippen molar-refractivity contribution in [2.75, 3.05) is 5.73 Å². The first kappa shape index (κ1) is 12.1. The quantitative estimate of drug-likeness (QED) is 0.601. The third-order valence-corrected chi connectivity index (χ3v) is 4.47. The lowest BCUT2D eigenvalue weighted by molar-refractivity contribution is 0.439. The zero-order chi connectivity index (χ0) is 14.2. The van der Waals surface area contributed by atoms with E-state index >= 15 is 0 Å². The van der Waals surface area contributed by atoms with Crippen LogP contribution in [0.15, 0.2) is 59.4 Å². The van der Waals surface area contributed by atoms with Crippen LogP contribution in [-0.4, -0.2) is 10.1 Å². The molecule has 3 heterocycles. The highest BCUT2D eigenvalue weighted by Crippen LogP contribution is 2.40. The predicted octanol–water partition coefficient (Wildman–Crippen LogP) is 4.20. The van der Waals surface area contributed by atoms with E-state index in [0.717, 1.165) is 21.7 Å². The summed E-state index contributed by atoms with van der Waals surface area (Å²) in [7, 11) is 0. The van der Waals surface area contributed by atoms with E-state index in [1.807, 2.05) is 24.3 Å². The number of hydrogen-bond acceptors (Lipinski definition) is 5. The first-order valence-electron chi connectivity index (χ1n) is 6.47. The summed E-state index contributed by atoms with van der Waals surface area (Å²) < 4.78 is 6.43. The lowest BCUT2D eigenvalue weighted by Gasteiger charge is -1.99. The molecule has 0 aliphatic carbocycles. The van der Waals surface area contributed by atoms with Crippen molar-refractivity contribution >= 4 is 27.3 Å². The first-order valence-corrected chi connectivity index (χ1v) is 7.29. The Morgan fingerprint density at radius 1 is 1.05 bits per heavy atom. The minimum absolute atomic E-state index is 0.327. The van der Waals surface area contributed by atoms with E-state index in [1.165, 1.54) is 10.1 Å². The van der Waals surface area contributed by atoms with Crippen LogP contribution in [0.5, 0.6) is 0 Å². The number of thiophene rings is 1. The van der Waals surface area contributed by atoms with Gasteiger partial charge in [0.2, 0.25) is 5.88 Å². The van der Waals surface area contributed by atoms with Crippen LogP contribution in [0.1, 0.15) is 0 Å². The van der Waals surface area contributed by atoms with Crippen molar-refractivity contribution in [2.45, 2.75) is 0 Å². The molecule has 1 aromatic carbocycles. The van der Waals surface area contributed by atoms with Gasteiger partial charge in [-0.1, -0.05) is 23.4 Å². The number of rotatable bonds is 2. The molecule has 0 saturated carbocycles. The van der Waals surface area contributed by atoms with E-state index in [1.54, 1.807) is 23.7 Å². The molecule has 0 radical (unpaired) electrons. The molecule has 0 atom stereocenters. The predicted molar refractivity (Wildman–Crippen MR) is 85.0 cm³/mol. The molecule has 0 saturated heterocycles. The third kappa shape index (κ3) is 1.98. The fourth-order valence-electron chi connectivity index (χ4n) is 2.37. The van der Waals surface area contributed by atoms with Crippen LogP contribution >= 0.6 is 11.3 Å². The van der Waals surface area contributed by atoms with Crippen LogP contribution in [0.3, 0.4) is 0 Å². The summed E-state index contributed by atoms with van der Waals surface area (Å²) in [6, 6.07) is 14.2. The lowest BCUT2D eigenvalue weighted by Crippen LogP contribution is -1.86. The topological polar surface area (TPSA) is 64.9 Å². The van der Waals surface area contributed by atoms with Gasteiger partial charge in [-0.15, -0.1) is 11.3 Å². The maximum absolute atomic E-state index is 5.96. The summed E-state index contributed by atoms with van der Waals surface area (Å²) in [5, 5.41) is 5.34. The number of hydrogen-bond donors (Lipinski definition) is 1. The number of pyridine rings is 1. The molecule has 0 aliphatic heterocycles. The summed E-state index contributed by atoms with van der Waals surface area (Å²) in [6.45, 7) is 0. The van der Waals surface area contributed by atoms with E-state index in [-0.39, 0.29) is 0 Å². The van der Waals surface area contributed by atoms with Crippen molar-refractivity contribution < 1.29 is 4.52 Å². The van der Waals surface area contributed by atoms with Crippen molar-refractivity contribution in [3.63, 3.8) is 0 Å². The van der Waals surface area contributed by atoms with Gasteiger partial charge in [0.25, 0.3) is 0 Å². The Morgan fingerprint density at radius 2 is 1.86 bits per heavy atom. The van der Waals surface area contributed by atoms with Gasteiger partial charge in [-0.05, 0) is 35.2 Å². The molecule has 3 aromatic heterocycles. The van der Waals surface area contributed by atoms with Crippen LogP contribution in [0.2, 0.25) is 0 Å². The maximum Gasteiger partial charge on any atom is 0.230 e. The Kier molecular flexibility index (Phi) is 2.72. The fourth-order valence-corrected chi connectivity index (χ4v) is 3.42. The molecule has 4 nitrogen and oxygen atoms in total. The van der Waals surface area contributed by atoms with Gasteiger partial charge >= 0.3 is 0 Å². The number of anilines is 1. The van der Waals surface area contributed by atoms with Crippen molar-refractivity contribution in [1.29, 1.82) is 0 Å². The average molecular weight is 293 g/mol. The number of nitrogen functional groups attached to an aromatic ring is 1. The van der Waals surface area contributed by atoms with Crippen molar-refractivity contribution in [2.24, 2.45) is 0 Å². The SMILES string of the molecule is Nc1onc(-c2cc3ccccc3s2)c1-c1ccncc1. The zero-order valence-electron chi connectivity index (χ0n) is 11.0. The molecule has 0 aliphatic rings. The average Bonchev–Trinajstić information content (AvgIpc) is 3.11. The number of nitrogens with two attached hydrogens (primary N) is 1. The van der Waals surface area contributed by atoms with Crippen LogP contribution in [0.25, 0.3) is 31.8 Å². The molecule has 4 aromatic rings. The molecule has 0 fully saturated rings. The lowest BCUT2D eigenvalue weighted by atomic mass is 10.1. The minimum atomic E-state index is 0.327. The highest BCUT2D eigenvalue weighted by Gasteiger charge is 2.19. The van der Waals surface area contributed by atoms with Gasteiger partial charge < -0.3 is 10.3 Å². The van der Waals surface area contributed by atoms with E-state index in [9.17, 15) is 0 Å². The molecule has 0 bridgehead atoms. The number of fused-ring (bicyclic) bond motifs is 1. The Balaban J connectivity index is 1.93. The van der Waals surface area contributed by atoms with Gasteiger partial charge in [-0.3, -0.25) is 4.98 Å². The first-order chi connectivity index (χ1) is 10.3. The number of benzene rings is 1. The second-order valence-corrected chi connectivity index (χ2v) is 5.74. The van der Waals surface area contributed by atoms with E-state index < -0.39 is 0 Å². The standard InChI is InChI=1S/C16H11N3OS/c17-16-14(10-5-7-18-8-6-10)15(19-20-16)13-9-11-3-1-2-4-12(11)21-13/h1-9H,17H2. The van der Waals surface area contributed by atoms with Crippen molar-refractivity contribution in [3.05, 3.63) is 54.9 Å². The van der Waals surface area contributed by atoms with Gasteiger partial charge in [0.1, 0.15) is 5.69 Å². The van der Waals surface area contributed by atoms with Crippen molar-refractivity contribution in [3.8, 4) is 21.7 Å². The van der Waals surface area contributed by atoms with E-state index in [4.69, 9.17) is 10.3 Å². The molecule has 4 rings (SSSR count). The summed E-state index contributed by atoms with van der Waals surface area (Å²) in [5.41, 5.74) is 8.52. The zero-order valence-corrected chi connectivity index (χ0v) is 11.8. The Hall–Kier alpha value is -2.66. The molecule has 0 spiro atoms. The molecule has 5 heteroatoms. The second-order valence-electron chi connectivity index (χ2n) is 4.65. The Bertz CT molecular complexity index is 879. The second kappa shape index (κ2) is 4.71. The minimum Gasteiger partial charge on any atom is -0.367 e. The van der Waals surface area contributed by atoms with Crippen LogP contribution in [0.4, 0.5) is 5.88 Å². The normalized spacial score (nSPS) is 11.0. The van der Waals surface area contributed by atoms with E-state index in [0.29, 0.717) is 5.88 Å². The molecule has 102 valence electrons. The molecular formula is C16H11N3OS. The van der Waals surface area contributed by atoms with Gasteiger partial charge in [0.15, 0.2) is 0 Å². The summed E-state index contributed by atoms with van der Waals surface area (Å²) in [5.74, 6) is 0.327. The highest BCUT2D eigenvalue weighted by molar-refractivity contribution is 7.22. The monoisotopic (exact) mass is 293 g/mol. The number of aromatic nitrogens is 2. The third-order valence-electron chi connectivity index (χ3n) is 3.35. The largest absolute Gasteiger partial charge is 0.367 e. The fraction of sp³-hybridized carbons (Fsp3) is 0. The molecular weight excluding hydrogens is 282 g/mol. The smallest absolute Gasteiger partial charge is 0.230 e. The van der Waals surface area contributed by atoms with E-state index in [2.05, 4.69) is 28.3 Å². The van der Waals surface area contributed by atoms with Gasteiger partial charge in [0.05, 0.1) is 10.4 Å². The summed E-state index contributed by atoms with van der Waals surface area (Å²) in [4.78, 5) is 5.08. The summed E-state index contributed by atoms with van der Waals surface area (Å²) in [6.07, 6.45) is 3.47. The Morgan fingerprint density at radius 3 is 2.67 bits per heavy atom. The maximum atomic E-state index is 5.96. The van der Waals surface area contributed by atoms with Gasteiger partial charge in [-0.2, -0.15) is 0 Å². The molecule has 2 N–H and O–H groups in total. The van der Waals surface area contributed by atoms with Crippen LogP contribution in [-0.2, 0) is 0 Å². The van der Waals surface area contributed by atoms with Crippen LogP contribution in [0, 0.1) is 0 Å². The highest BCUT2D eigenvalue weighted by atomic mass is 32.1. The number of nitrogens with zero attached hydrogens (tertiary/aromatic N) is 2. The van der Waals surface area contributed by atoms with Gasteiger partial charge in [0, 0.05) is 17.1 Å². The van der Waals surface area contributed by atoms with Crippen LogP contribution < -0.4 is 5.73 Å². The molecule has 0 unspecified atom stereocenters. The van der Waals surface area contributed by atoms with Crippen molar-refractivity contribution in [1.82, 2.24) is 10.1 Å².